The molecular formula is C40H76N4O6. The van der Waals surface area contributed by atoms with E-state index in [1.54, 1.807) is 31.1 Å². The van der Waals surface area contributed by atoms with Gasteiger partial charge in [-0.25, -0.2) is 0 Å². The number of methoxy groups -OCH3 is 2. The molecule has 9 atom stereocenters. The molecule has 1 saturated heterocycles. The summed E-state index contributed by atoms with van der Waals surface area (Å²) in [5.41, 5.74) is 0.0397. The molecular weight excluding hydrogens is 632 g/mol. The molecule has 0 spiro atoms. The van der Waals surface area contributed by atoms with Crippen molar-refractivity contribution < 1.29 is 28.7 Å². The Labute approximate surface area is 306 Å². The number of Topliss-reactive ketones (excluding diaryl/α,β-unsaturated/α-hetero) is 1. The highest BCUT2D eigenvalue weighted by molar-refractivity contribution is 5.90. The van der Waals surface area contributed by atoms with E-state index in [4.69, 9.17) is 9.47 Å². The van der Waals surface area contributed by atoms with Crippen LogP contribution >= 0.6 is 0 Å². The Morgan fingerprint density at radius 1 is 0.820 bits per heavy atom. The van der Waals surface area contributed by atoms with E-state index in [9.17, 15) is 19.2 Å². The number of carbonyl (C=O) groups excluding carboxylic acids is 4. The molecule has 10 heteroatoms. The van der Waals surface area contributed by atoms with Gasteiger partial charge in [-0.05, 0) is 50.0 Å². The molecule has 0 N–H and O–H groups in total. The number of ether oxygens (including phenoxy) is 2. The van der Waals surface area contributed by atoms with Crippen molar-refractivity contribution in [2.75, 3.05) is 48.5 Å². The lowest BCUT2D eigenvalue weighted by Gasteiger charge is -2.40. The van der Waals surface area contributed by atoms with Crippen molar-refractivity contribution >= 4 is 23.5 Å². The molecule has 1 heterocycles. The molecule has 0 aliphatic carbocycles. The molecule has 292 valence electrons. The Hall–Kier alpha value is -2.04. The van der Waals surface area contributed by atoms with Crippen LogP contribution < -0.4 is 0 Å². The van der Waals surface area contributed by atoms with Crippen molar-refractivity contribution in [2.45, 2.75) is 152 Å². The Balaban J connectivity index is 3.20. The summed E-state index contributed by atoms with van der Waals surface area (Å²) in [5.74, 6) is -0.565. The van der Waals surface area contributed by atoms with Crippen molar-refractivity contribution in [3.8, 4) is 0 Å². The fraction of sp³-hybridized carbons (Fsp3) is 0.900. The first-order valence-electron chi connectivity index (χ1n) is 19.2. The van der Waals surface area contributed by atoms with Crippen molar-refractivity contribution in [3.63, 3.8) is 0 Å². The summed E-state index contributed by atoms with van der Waals surface area (Å²) < 4.78 is 12.0. The first-order valence-corrected chi connectivity index (χ1v) is 19.2. The van der Waals surface area contributed by atoms with Gasteiger partial charge in [0.25, 0.3) is 0 Å². The number of hydrogen-bond donors (Lipinski definition) is 0. The van der Waals surface area contributed by atoms with Gasteiger partial charge in [-0.15, -0.1) is 0 Å². The number of nitrogens with zero attached hydrogens (tertiary/aromatic N) is 4. The maximum Gasteiger partial charge on any atom is 0.228 e. The van der Waals surface area contributed by atoms with Gasteiger partial charge in [-0.3, -0.25) is 24.1 Å². The molecule has 0 unspecified atom stereocenters. The minimum atomic E-state index is -0.546. The molecule has 1 rings (SSSR count). The second kappa shape index (κ2) is 20.3. The number of likely N-dealkylation sites (N-methyl/N-ethyl adjacent to an activating group) is 2. The van der Waals surface area contributed by atoms with Gasteiger partial charge in [-0.1, -0.05) is 82.6 Å². The molecule has 1 aliphatic heterocycles. The number of hydrogen-bond acceptors (Lipinski definition) is 7. The molecule has 0 saturated carbocycles. The summed E-state index contributed by atoms with van der Waals surface area (Å²) in [6, 6.07) is -0.791. The number of rotatable bonds is 20. The molecule has 50 heavy (non-hydrogen) atoms. The Kier molecular flexibility index (Phi) is 18.6. The van der Waals surface area contributed by atoms with E-state index in [2.05, 4.69) is 74.1 Å². The van der Waals surface area contributed by atoms with Crippen molar-refractivity contribution in [2.24, 2.45) is 35.0 Å². The minimum absolute atomic E-state index is 0.0113. The maximum absolute atomic E-state index is 14.1. The molecule has 0 bridgehead atoms. The molecule has 0 aromatic rings. The number of amides is 3. The standard InChI is InChI=1S/C40H76N4O6/c1-18-27(6)36(43(15)38(47)28(7)22-32(45)35(26(4)5)41(13)24-40(10,11)12)33(49-16)23-34(46)44-21-19-20-31(44)37(50-17)29(8)39(48)42(14)30(9)25(2)3/h25-31,33,35-37H,18-24H2,1-17H3/t27-,28+,29+,30+,31-,33+,35-,36-,37+/m0/s1. The predicted octanol–water partition coefficient (Wildman–Crippen LogP) is 6.01. The van der Waals surface area contributed by atoms with Crippen LogP contribution in [0.2, 0.25) is 0 Å². The second-order valence-electron chi connectivity index (χ2n) is 17.3. The van der Waals surface area contributed by atoms with E-state index in [0.29, 0.717) is 12.5 Å². The molecule has 0 radical (unpaired) electrons. The van der Waals surface area contributed by atoms with Crippen LogP contribution in [0.25, 0.3) is 0 Å². The zero-order valence-corrected chi connectivity index (χ0v) is 35.0. The summed E-state index contributed by atoms with van der Waals surface area (Å²) in [5, 5.41) is 0. The van der Waals surface area contributed by atoms with Gasteiger partial charge in [0.2, 0.25) is 17.7 Å². The first kappa shape index (κ1) is 46.0. The average molecular weight is 709 g/mol. The lowest BCUT2D eigenvalue weighted by atomic mass is 9.87. The predicted molar refractivity (Wildman–Crippen MR) is 203 cm³/mol. The van der Waals surface area contributed by atoms with Crippen LogP contribution in [-0.2, 0) is 28.7 Å². The van der Waals surface area contributed by atoms with E-state index in [0.717, 1.165) is 25.8 Å². The number of carbonyl (C=O) groups is 4. The highest BCUT2D eigenvalue weighted by Crippen LogP contribution is 2.31. The quantitative estimate of drug-likeness (QED) is 0.153. The Morgan fingerprint density at radius 3 is 1.86 bits per heavy atom. The van der Waals surface area contributed by atoms with Gasteiger partial charge in [0.1, 0.15) is 0 Å². The summed E-state index contributed by atoms with van der Waals surface area (Å²) >= 11 is 0. The molecule has 3 amide bonds. The van der Waals surface area contributed by atoms with Crippen molar-refractivity contribution in [1.29, 1.82) is 0 Å². The zero-order valence-electron chi connectivity index (χ0n) is 35.0. The third-order valence-electron chi connectivity index (χ3n) is 11.2. The average Bonchev–Trinajstić information content (AvgIpc) is 3.51. The monoisotopic (exact) mass is 709 g/mol. The SMILES string of the molecule is CC[C@H](C)[C@@H]([C@@H](CC(=O)N1CCC[C@H]1[C@H](OC)[C@@H](C)C(=O)N(C)[C@H](C)C(C)C)OC)N(C)C(=O)[C@H](C)CC(=O)[C@H](C(C)C)N(C)CC(C)(C)C. The van der Waals surface area contributed by atoms with Crippen LogP contribution in [0.4, 0.5) is 0 Å². The summed E-state index contributed by atoms with van der Waals surface area (Å²) in [7, 11) is 8.84. The van der Waals surface area contributed by atoms with E-state index >= 15 is 0 Å². The zero-order chi connectivity index (χ0) is 38.8. The Bertz CT molecular complexity index is 1090. The number of likely N-dealkylation sites (tertiary alicyclic amines) is 1. The van der Waals surface area contributed by atoms with Crippen LogP contribution in [-0.4, -0.2) is 128 Å². The fourth-order valence-corrected chi connectivity index (χ4v) is 8.10. The van der Waals surface area contributed by atoms with Gasteiger partial charge < -0.3 is 24.2 Å². The lowest BCUT2D eigenvalue weighted by molar-refractivity contribution is -0.149. The molecule has 1 fully saturated rings. The van der Waals surface area contributed by atoms with Crippen LogP contribution in [0.1, 0.15) is 115 Å². The smallest absolute Gasteiger partial charge is 0.228 e. The van der Waals surface area contributed by atoms with Crippen LogP contribution in [0.3, 0.4) is 0 Å². The van der Waals surface area contributed by atoms with Crippen molar-refractivity contribution in [3.05, 3.63) is 0 Å². The summed E-state index contributed by atoms with van der Waals surface area (Å²) in [6.07, 6.45) is 1.63. The molecule has 1 aliphatic rings. The van der Waals surface area contributed by atoms with Crippen molar-refractivity contribution in [1.82, 2.24) is 19.6 Å². The topological polar surface area (TPSA) is 99.7 Å². The Morgan fingerprint density at radius 2 is 1.40 bits per heavy atom. The third-order valence-corrected chi connectivity index (χ3v) is 11.2. The largest absolute Gasteiger partial charge is 0.379 e. The maximum atomic E-state index is 14.1. The van der Waals surface area contributed by atoms with Crippen LogP contribution in [0.5, 0.6) is 0 Å². The fourth-order valence-electron chi connectivity index (χ4n) is 8.10. The highest BCUT2D eigenvalue weighted by atomic mass is 16.5. The van der Waals surface area contributed by atoms with E-state index in [1.165, 1.54) is 0 Å². The third kappa shape index (κ3) is 12.3. The highest BCUT2D eigenvalue weighted by Gasteiger charge is 2.43. The normalized spacial score (nSPS) is 20.3. The molecule has 0 aromatic carbocycles. The van der Waals surface area contributed by atoms with Crippen LogP contribution in [0.15, 0.2) is 0 Å². The molecule has 0 aromatic heterocycles. The molecule has 10 nitrogen and oxygen atoms in total. The second-order valence-corrected chi connectivity index (χ2v) is 17.3. The summed E-state index contributed by atoms with van der Waals surface area (Å²) in [4.78, 5) is 62.8. The van der Waals surface area contributed by atoms with Gasteiger partial charge >= 0.3 is 0 Å². The lowest BCUT2D eigenvalue weighted by Crippen LogP contribution is -2.54. The van der Waals surface area contributed by atoms with E-state index < -0.39 is 24.0 Å². The first-order chi connectivity index (χ1) is 23.1. The van der Waals surface area contributed by atoms with Gasteiger partial charge in [-0.2, -0.15) is 0 Å². The van der Waals surface area contributed by atoms with Gasteiger partial charge in [0.15, 0.2) is 5.78 Å². The van der Waals surface area contributed by atoms with Gasteiger partial charge in [0, 0.05) is 59.8 Å². The van der Waals surface area contributed by atoms with Gasteiger partial charge in [0.05, 0.1) is 42.7 Å². The summed E-state index contributed by atoms with van der Waals surface area (Å²) in [6.45, 7) is 26.1. The van der Waals surface area contributed by atoms with E-state index in [-0.39, 0.29) is 77.8 Å². The minimum Gasteiger partial charge on any atom is -0.379 e. The van der Waals surface area contributed by atoms with Crippen LogP contribution in [0, 0.1) is 35.0 Å². The number of ketones is 1. The van der Waals surface area contributed by atoms with E-state index in [1.807, 2.05) is 32.8 Å².